The molecule has 0 amide bonds. The van der Waals surface area contributed by atoms with Crippen LogP contribution in [0.4, 0.5) is 11.4 Å². The fraction of sp³-hybridized carbons (Fsp3) is 0.484. The maximum atomic E-state index is 12.3. The number of hydrogen-bond acceptors (Lipinski definition) is 12. The first kappa shape index (κ1) is 34.7. The van der Waals surface area contributed by atoms with Crippen LogP contribution < -0.4 is 19.3 Å². The van der Waals surface area contributed by atoms with E-state index in [4.69, 9.17) is 28.4 Å². The summed E-state index contributed by atoms with van der Waals surface area (Å²) in [6.07, 6.45) is 0. The van der Waals surface area contributed by atoms with Crippen LogP contribution in [0.1, 0.15) is 33.3 Å². The number of carbonyl (C=O) groups excluding carboxylic acids is 4. The topological polar surface area (TPSA) is 130 Å². The molecule has 0 fully saturated rings. The number of aryl methyl sites for hydroxylation is 1. The summed E-state index contributed by atoms with van der Waals surface area (Å²) in [5, 5.41) is 0. The molecule has 0 saturated carbocycles. The molecule has 0 aliphatic carbocycles. The van der Waals surface area contributed by atoms with Crippen molar-refractivity contribution in [1.82, 2.24) is 0 Å². The van der Waals surface area contributed by atoms with Crippen molar-refractivity contribution < 1.29 is 47.6 Å². The molecule has 236 valence electrons. The summed E-state index contributed by atoms with van der Waals surface area (Å²) in [5.41, 5.74) is 1.93. The van der Waals surface area contributed by atoms with Crippen molar-refractivity contribution in [2.45, 2.75) is 34.6 Å². The minimum atomic E-state index is -0.493. The smallest absolute Gasteiger partial charge is 0.325 e. The highest BCUT2D eigenvalue weighted by atomic mass is 16.5. The quantitative estimate of drug-likeness (QED) is 0.133. The summed E-state index contributed by atoms with van der Waals surface area (Å²) in [6, 6.07) is 12.4. The third kappa shape index (κ3) is 12.1. The second-order valence-corrected chi connectivity index (χ2v) is 9.07. The van der Waals surface area contributed by atoms with Crippen molar-refractivity contribution in [2.24, 2.45) is 0 Å². The number of carbonyl (C=O) groups is 4. The zero-order valence-corrected chi connectivity index (χ0v) is 25.6. The second-order valence-electron chi connectivity index (χ2n) is 9.07. The van der Waals surface area contributed by atoms with Crippen LogP contribution in [0, 0.1) is 6.92 Å². The largest absolute Gasteiger partial charge is 0.488 e. The van der Waals surface area contributed by atoms with Crippen molar-refractivity contribution in [1.29, 1.82) is 0 Å². The number of para-hydroxylation sites is 2. The SMILES string of the molecule is CCOC(=O)CN(CC(=O)OCC)c1ccccc1OCCOc1cc(C)ccc1N(CC(=O)OCC)CC(=O)OCC. The summed E-state index contributed by atoms with van der Waals surface area (Å²) in [4.78, 5) is 52.3. The Morgan fingerprint density at radius 1 is 0.558 bits per heavy atom. The summed E-state index contributed by atoms with van der Waals surface area (Å²) in [6.45, 7) is 9.06. The molecule has 0 atom stereocenters. The van der Waals surface area contributed by atoms with E-state index in [2.05, 4.69) is 0 Å². The Bertz CT molecular complexity index is 1160. The zero-order chi connectivity index (χ0) is 31.6. The lowest BCUT2D eigenvalue weighted by Gasteiger charge is -2.26. The summed E-state index contributed by atoms with van der Waals surface area (Å²) in [7, 11) is 0. The molecule has 2 aromatic carbocycles. The van der Waals surface area contributed by atoms with E-state index in [1.54, 1.807) is 69.0 Å². The van der Waals surface area contributed by atoms with E-state index < -0.39 is 23.9 Å². The minimum Gasteiger partial charge on any atom is -0.488 e. The van der Waals surface area contributed by atoms with Crippen LogP contribution in [0.3, 0.4) is 0 Å². The summed E-state index contributed by atoms with van der Waals surface area (Å²) >= 11 is 0. The first-order valence-electron chi connectivity index (χ1n) is 14.3. The van der Waals surface area contributed by atoms with Gasteiger partial charge >= 0.3 is 23.9 Å². The van der Waals surface area contributed by atoms with Gasteiger partial charge in [0, 0.05) is 0 Å². The van der Waals surface area contributed by atoms with E-state index >= 15 is 0 Å². The van der Waals surface area contributed by atoms with Crippen LogP contribution >= 0.6 is 0 Å². The molecule has 0 unspecified atom stereocenters. The maximum Gasteiger partial charge on any atom is 0.325 e. The van der Waals surface area contributed by atoms with Crippen LogP contribution in [0.15, 0.2) is 42.5 Å². The first-order valence-corrected chi connectivity index (χ1v) is 14.3. The standard InChI is InChI=1S/C31H42N2O10/c1-6-38-28(34)19-32(20-29(35)39-7-2)24-12-10-11-13-26(24)42-16-17-43-27-18-23(5)14-15-25(27)33(21-30(36)40-8-3)22-31(37)41-9-4/h10-15,18H,6-9,16-17,19-22H2,1-5H3. The molecular formula is C31H42N2O10. The van der Waals surface area contributed by atoms with Crippen molar-refractivity contribution in [2.75, 3.05) is 75.6 Å². The van der Waals surface area contributed by atoms with Gasteiger partial charge in [-0.25, -0.2) is 0 Å². The molecule has 0 aromatic heterocycles. The monoisotopic (exact) mass is 602 g/mol. The molecule has 0 spiro atoms. The maximum absolute atomic E-state index is 12.3. The van der Waals surface area contributed by atoms with Gasteiger partial charge in [-0.1, -0.05) is 18.2 Å². The fourth-order valence-electron chi connectivity index (χ4n) is 4.04. The Morgan fingerprint density at radius 2 is 0.953 bits per heavy atom. The number of hydrogen-bond donors (Lipinski definition) is 0. The Kier molecular flexibility index (Phi) is 15.2. The van der Waals surface area contributed by atoms with Gasteiger partial charge in [0.2, 0.25) is 0 Å². The van der Waals surface area contributed by atoms with Gasteiger partial charge in [-0.05, 0) is 64.4 Å². The molecule has 0 saturated heterocycles. The predicted octanol–water partition coefficient (Wildman–Crippen LogP) is 3.32. The molecule has 43 heavy (non-hydrogen) atoms. The number of esters is 4. The highest BCUT2D eigenvalue weighted by Gasteiger charge is 2.22. The van der Waals surface area contributed by atoms with Crippen LogP contribution in [0.5, 0.6) is 11.5 Å². The Labute approximate surface area is 252 Å². The second kappa shape index (κ2) is 18.9. The molecule has 0 heterocycles. The molecule has 0 bridgehead atoms. The molecule has 0 aliphatic heterocycles. The molecule has 12 nitrogen and oxygen atoms in total. The van der Waals surface area contributed by atoms with Gasteiger partial charge in [0.05, 0.1) is 37.8 Å². The Morgan fingerprint density at radius 3 is 1.40 bits per heavy atom. The van der Waals surface area contributed by atoms with E-state index in [0.717, 1.165) is 5.56 Å². The van der Waals surface area contributed by atoms with Crippen LogP contribution in [-0.2, 0) is 38.1 Å². The number of rotatable bonds is 19. The van der Waals surface area contributed by atoms with Crippen molar-refractivity contribution in [3.8, 4) is 11.5 Å². The van der Waals surface area contributed by atoms with Gasteiger partial charge in [-0.2, -0.15) is 0 Å². The molecule has 12 heteroatoms. The van der Waals surface area contributed by atoms with E-state index in [1.807, 2.05) is 13.0 Å². The van der Waals surface area contributed by atoms with Crippen LogP contribution in [0.25, 0.3) is 0 Å². The predicted molar refractivity (Wildman–Crippen MR) is 160 cm³/mol. The number of ether oxygens (including phenoxy) is 6. The van der Waals surface area contributed by atoms with Crippen molar-refractivity contribution in [3.05, 3.63) is 48.0 Å². The highest BCUT2D eigenvalue weighted by molar-refractivity contribution is 5.83. The van der Waals surface area contributed by atoms with E-state index in [1.165, 1.54) is 4.90 Å². The van der Waals surface area contributed by atoms with E-state index in [9.17, 15) is 19.2 Å². The van der Waals surface area contributed by atoms with E-state index in [-0.39, 0.29) is 65.8 Å². The first-order chi connectivity index (χ1) is 20.7. The normalized spacial score (nSPS) is 10.3. The molecule has 0 aliphatic rings. The Balaban J connectivity index is 2.20. The summed E-state index contributed by atoms with van der Waals surface area (Å²) < 4.78 is 32.4. The Hall–Kier alpha value is -4.48. The van der Waals surface area contributed by atoms with Gasteiger partial charge in [0.1, 0.15) is 50.9 Å². The lowest BCUT2D eigenvalue weighted by atomic mass is 10.2. The minimum absolute atomic E-state index is 0.104. The molecule has 0 radical (unpaired) electrons. The lowest BCUT2D eigenvalue weighted by molar-refractivity contribution is -0.144. The van der Waals surface area contributed by atoms with Gasteiger partial charge in [-0.3, -0.25) is 19.2 Å². The van der Waals surface area contributed by atoms with Gasteiger partial charge in [-0.15, -0.1) is 0 Å². The van der Waals surface area contributed by atoms with E-state index in [0.29, 0.717) is 22.9 Å². The fourth-order valence-corrected chi connectivity index (χ4v) is 4.04. The summed E-state index contributed by atoms with van der Waals surface area (Å²) in [5.74, 6) is -1.10. The number of anilines is 2. The molecule has 2 aromatic rings. The van der Waals surface area contributed by atoms with Crippen LogP contribution in [0.2, 0.25) is 0 Å². The van der Waals surface area contributed by atoms with Gasteiger partial charge in [0.15, 0.2) is 0 Å². The average molecular weight is 603 g/mol. The highest BCUT2D eigenvalue weighted by Crippen LogP contribution is 2.31. The van der Waals surface area contributed by atoms with Crippen molar-refractivity contribution in [3.63, 3.8) is 0 Å². The zero-order valence-electron chi connectivity index (χ0n) is 25.6. The third-order valence-corrected chi connectivity index (χ3v) is 5.76. The number of nitrogens with zero attached hydrogens (tertiary/aromatic N) is 2. The van der Waals surface area contributed by atoms with Gasteiger partial charge in [0.25, 0.3) is 0 Å². The van der Waals surface area contributed by atoms with Crippen LogP contribution in [-0.4, -0.2) is 89.7 Å². The molecule has 0 N–H and O–H groups in total. The third-order valence-electron chi connectivity index (χ3n) is 5.76. The number of benzene rings is 2. The molecule has 2 rings (SSSR count). The average Bonchev–Trinajstić information content (AvgIpc) is 2.95. The lowest BCUT2D eigenvalue weighted by Crippen LogP contribution is -2.36. The van der Waals surface area contributed by atoms with Gasteiger partial charge < -0.3 is 38.2 Å². The van der Waals surface area contributed by atoms with Crippen molar-refractivity contribution >= 4 is 35.3 Å². The molecular weight excluding hydrogens is 560 g/mol.